The van der Waals surface area contributed by atoms with E-state index in [-0.39, 0.29) is 0 Å². The molecule has 0 heterocycles. The van der Waals surface area contributed by atoms with E-state index < -0.39 is 23.1 Å². The van der Waals surface area contributed by atoms with Gasteiger partial charge in [0, 0.05) is 0 Å². The summed E-state index contributed by atoms with van der Waals surface area (Å²) < 4.78 is 80.1. The molecular formula is C3F7NO2. The van der Waals surface area contributed by atoms with E-state index in [1.165, 1.54) is 0 Å². The average molecular weight is 215 g/mol. The van der Waals surface area contributed by atoms with Crippen LogP contribution in [0.2, 0.25) is 0 Å². The van der Waals surface area contributed by atoms with E-state index in [9.17, 15) is 40.8 Å². The maximum Gasteiger partial charge on any atom is 0.586 e. The number of halogens is 7. The van der Waals surface area contributed by atoms with Crippen molar-refractivity contribution in [2.75, 3.05) is 0 Å². The molecule has 0 unspecified atom stereocenters. The number of nitro groups is 1. The summed E-state index contributed by atoms with van der Waals surface area (Å²) in [6, 6.07) is -6.36. The van der Waals surface area contributed by atoms with Crippen molar-refractivity contribution in [2.45, 2.75) is 18.1 Å². The van der Waals surface area contributed by atoms with Crippen molar-refractivity contribution in [3.63, 3.8) is 0 Å². The Balaban J connectivity index is 5.16. The van der Waals surface area contributed by atoms with E-state index in [1.54, 1.807) is 0 Å². The van der Waals surface area contributed by atoms with Gasteiger partial charge in [0.15, 0.2) is 0 Å². The fourth-order valence-corrected chi connectivity index (χ4v) is 0.285. The lowest BCUT2D eigenvalue weighted by molar-refractivity contribution is -0.687. The Morgan fingerprint density at radius 2 is 1.23 bits per heavy atom. The van der Waals surface area contributed by atoms with E-state index in [4.69, 9.17) is 0 Å². The molecule has 0 spiro atoms. The summed E-state index contributed by atoms with van der Waals surface area (Å²) in [6.07, 6.45) is -6.66. The first-order valence-electron chi connectivity index (χ1n) is 2.41. The summed E-state index contributed by atoms with van der Waals surface area (Å²) in [6.45, 7) is 0. The molecule has 0 saturated heterocycles. The molecule has 0 aliphatic carbocycles. The van der Waals surface area contributed by atoms with Gasteiger partial charge in [0.2, 0.25) is 0 Å². The van der Waals surface area contributed by atoms with Gasteiger partial charge in [-0.25, -0.2) is 0 Å². The lowest BCUT2D eigenvalue weighted by atomic mass is 10.3. The first-order chi connectivity index (χ1) is 5.44. The topological polar surface area (TPSA) is 43.1 Å². The third-order valence-corrected chi connectivity index (χ3v) is 0.963. The van der Waals surface area contributed by atoms with Gasteiger partial charge in [0.05, 0.1) is 0 Å². The van der Waals surface area contributed by atoms with E-state index in [0.29, 0.717) is 0 Å². The summed E-state index contributed by atoms with van der Waals surface area (Å²) >= 11 is 0. The molecule has 0 aromatic rings. The average Bonchev–Trinajstić information content (AvgIpc) is 1.84. The largest absolute Gasteiger partial charge is 0.586 e. The minimum Gasteiger partial charge on any atom is -0.259 e. The number of hydrogen-bond donors (Lipinski definition) is 0. The number of nitrogens with zero attached hydrogens (tertiary/aromatic N) is 1. The molecule has 0 aromatic carbocycles. The fourth-order valence-electron chi connectivity index (χ4n) is 0.285. The Labute approximate surface area is 65.3 Å². The van der Waals surface area contributed by atoms with Gasteiger partial charge in [-0.2, -0.15) is 22.0 Å². The molecule has 0 N–H and O–H groups in total. The van der Waals surface area contributed by atoms with E-state index in [2.05, 4.69) is 0 Å². The monoisotopic (exact) mass is 215 g/mol. The van der Waals surface area contributed by atoms with Crippen molar-refractivity contribution in [3.05, 3.63) is 10.1 Å². The van der Waals surface area contributed by atoms with Crippen LogP contribution in [-0.4, -0.2) is 23.1 Å². The Morgan fingerprint density at radius 1 is 0.923 bits per heavy atom. The zero-order chi connectivity index (χ0) is 11.1. The molecule has 0 rings (SSSR count). The lowest BCUT2D eigenvalue weighted by Crippen LogP contribution is -2.56. The standard InChI is InChI=1S/C3F7NO2/c4-1(5,2(6,7)8)3(9,10)11(12)13. The van der Waals surface area contributed by atoms with Crippen molar-refractivity contribution >= 4 is 0 Å². The lowest BCUT2D eigenvalue weighted by Gasteiger charge is -2.20. The van der Waals surface area contributed by atoms with Crippen LogP contribution in [-0.2, 0) is 0 Å². The van der Waals surface area contributed by atoms with Gasteiger partial charge in [-0.05, 0) is 0 Å². The third kappa shape index (κ3) is 1.65. The van der Waals surface area contributed by atoms with Crippen LogP contribution in [0.3, 0.4) is 0 Å². The number of alkyl halides is 7. The molecule has 0 amide bonds. The fraction of sp³-hybridized carbons (Fsp3) is 1.00. The molecule has 0 fully saturated rings. The first kappa shape index (κ1) is 11.9. The molecule has 0 aromatic heterocycles. The SMILES string of the molecule is O=[N+]([O-])C(F)(F)C(F)(F)C(F)(F)F. The maximum atomic E-state index is 11.7. The third-order valence-electron chi connectivity index (χ3n) is 0.963. The van der Waals surface area contributed by atoms with Gasteiger partial charge in [-0.1, -0.05) is 0 Å². The van der Waals surface area contributed by atoms with Crippen LogP contribution in [0.4, 0.5) is 30.7 Å². The van der Waals surface area contributed by atoms with Crippen LogP contribution in [0.15, 0.2) is 0 Å². The quantitative estimate of drug-likeness (QED) is 0.306. The van der Waals surface area contributed by atoms with Crippen LogP contribution in [0, 0.1) is 10.1 Å². The van der Waals surface area contributed by atoms with E-state index in [1.807, 2.05) is 0 Å². The molecule has 0 radical (unpaired) electrons. The van der Waals surface area contributed by atoms with Crippen LogP contribution in [0.1, 0.15) is 0 Å². The number of hydrogen-bond acceptors (Lipinski definition) is 2. The zero-order valence-electron chi connectivity index (χ0n) is 5.41. The molecule has 0 bridgehead atoms. The zero-order valence-corrected chi connectivity index (χ0v) is 5.41. The van der Waals surface area contributed by atoms with E-state index >= 15 is 0 Å². The molecule has 0 aliphatic rings. The van der Waals surface area contributed by atoms with Crippen LogP contribution in [0.5, 0.6) is 0 Å². The molecule has 10 heteroatoms. The van der Waals surface area contributed by atoms with Crippen LogP contribution >= 0.6 is 0 Å². The van der Waals surface area contributed by atoms with Crippen LogP contribution in [0.25, 0.3) is 0 Å². The number of rotatable bonds is 2. The predicted octanol–water partition coefficient (Wildman–Crippen LogP) is 2.05. The predicted molar refractivity (Wildman–Crippen MR) is 22.9 cm³/mol. The summed E-state index contributed by atoms with van der Waals surface area (Å²) in [5, 5.41) is 9.19. The second kappa shape index (κ2) is 2.70. The van der Waals surface area contributed by atoms with Gasteiger partial charge in [-0.15, -0.1) is 8.78 Å². The summed E-state index contributed by atoms with van der Waals surface area (Å²) in [5.41, 5.74) is 0. The van der Waals surface area contributed by atoms with Gasteiger partial charge in [-0.3, -0.25) is 10.1 Å². The van der Waals surface area contributed by atoms with Crippen molar-refractivity contribution in [2.24, 2.45) is 0 Å². The second-order valence-electron chi connectivity index (χ2n) is 1.87. The van der Waals surface area contributed by atoms with Gasteiger partial charge >= 0.3 is 18.1 Å². The highest BCUT2D eigenvalue weighted by Gasteiger charge is 2.82. The Morgan fingerprint density at radius 3 is 1.31 bits per heavy atom. The van der Waals surface area contributed by atoms with E-state index in [0.717, 1.165) is 0 Å². The Kier molecular flexibility index (Phi) is 2.48. The molecule has 0 atom stereocenters. The van der Waals surface area contributed by atoms with Crippen molar-refractivity contribution in [1.82, 2.24) is 0 Å². The molecule has 0 aliphatic heterocycles. The van der Waals surface area contributed by atoms with Crippen LogP contribution < -0.4 is 0 Å². The minimum atomic E-state index is -6.68. The van der Waals surface area contributed by atoms with Crippen molar-refractivity contribution in [1.29, 1.82) is 0 Å². The normalized spacial score (nSPS) is 14.4. The summed E-state index contributed by atoms with van der Waals surface area (Å²) in [4.78, 5) is 6.20. The van der Waals surface area contributed by atoms with Gasteiger partial charge in [0.1, 0.15) is 4.92 Å². The summed E-state index contributed by atoms with van der Waals surface area (Å²) in [5.74, 6) is -6.68. The first-order valence-corrected chi connectivity index (χ1v) is 2.41. The highest BCUT2D eigenvalue weighted by atomic mass is 19.4. The Bertz CT molecular complexity index is 220. The highest BCUT2D eigenvalue weighted by molar-refractivity contribution is 4.83. The highest BCUT2D eigenvalue weighted by Crippen LogP contribution is 2.46. The minimum absolute atomic E-state index is 2.99. The maximum absolute atomic E-state index is 11.7. The van der Waals surface area contributed by atoms with Gasteiger partial charge in [0.25, 0.3) is 0 Å². The van der Waals surface area contributed by atoms with Gasteiger partial charge < -0.3 is 0 Å². The molecule has 78 valence electrons. The van der Waals surface area contributed by atoms with Crippen molar-refractivity contribution < 1.29 is 35.7 Å². The molecule has 13 heavy (non-hydrogen) atoms. The summed E-state index contributed by atoms with van der Waals surface area (Å²) in [7, 11) is 0. The second-order valence-corrected chi connectivity index (χ2v) is 1.87. The molecule has 3 nitrogen and oxygen atoms in total. The molecule has 0 saturated carbocycles. The van der Waals surface area contributed by atoms with Crippen molar-refractivity contribution in [3.8, 4) is 0 Å². The molecular weight excluding hydrogens is 215 g/mol. The smallest absolute Gasteiger partial charge is 0.259 e. The Hall–Kier alpha value is -1.09.